The molecule has 0 radical (unpaired) electrons. The number of nitrogens with zero attached hydrogens (tertiary/aromatic N) is 2. The number of hydrogen-bond acceptors (Lipinski definition) is 5. The molecule has 1 fully saturated rings. The Hall–Kier alpha value is -1.89. The molecule has 1 amide bonds. The van der Waals surface area contributed by atoms with Crippen LogP contribution in [0.4, 0.5) is 5.82 Å². The lowest BCUT2D eigenvalue weighted by Gasteiger charge is -2.35. The van der Waals surface area contributed by atoms with E-state index in [-0.39, 0.29) is 23.4 Å². The fourth-order valence-corrected chi connectivity index (χ4v) is 2.26. The zero-order valence-electron chi connectivity index (χ0n) is 12.1. The lowest BCUT2D eigenvalue weighted by atomic mass is 10.1. The van der Waals surface area contributed by atoms with Crippen LogP contribution in [0.2, 0.25) is 0 Å². The van der Waals surface area contributed by atoms with Crippen molar-refractivity contribution in [3.63, 3.8) is 0 Å². The zero-order valence-corrected chi connectivity index (χ0v) is 12.1. The van der Waals surface area contributed by atoms with Crippen molar-refractivity contribution >= 4 is 11.7 Å². The standard InChI is InChI=1S/C13H21N5O2/c1-8(2)12-16-10(6-11(19)17-12)18-5-4-15-7-9(18)13(20)14-3/h6,8-9,15H,4-5,7H2,1-3H3,(H,14,20)(H,16,17,19). The minimum Gasteiger partial charge on any atom is -0.357 e. The van der Waals surface area contributed by atoms with Crippen LogP contribution < -0.4 is 21.1 Å². The maximum atomic E-state index is 11.9. The molecule has 0 spiro atoms. The largest absolute Gasteiger partial charge is 0.357 e. The van der Waals surface area contributed by atoms with E-state index in [9.17, 15) is 9.59 Å². The number of piperazine rings is 1. The minimum atomic E-state index is -0.344. The molecule has 1 aromatic rings. The molecule has 1 aromatic heterocycles. The topological polar surface area (TPSA) is 90.1 Å². The van der Waals surface area contributed by atoms with Crippen molar-refractivity contribution in [1.82, 2.24) is 20.6 Å². The van der Waals surface area contributed by atoms with E-state index in [0.29, 0.717) is 24.7 Å². The van der Waals surface area contributed by atoms with E-state index < -0.39 is 0 Å². The van der Waals surface area contributed by atoms with Crippen LogP contribution in [0.5, 0.6) is 0 Å². The summed E-state index contributed by atoms with van der Waals surface area (Å²) < 4.78 is 0. The smallest absolute Gasteiger partial charge is 0.252 e. The molecule has 1 aliphatic heterocycles. The quantitative estimate of drug-likeness (QED) is 0.688. The van der Waals surface area contributed by atoms with Crippen LogP contribution in [0.3, 0.4) is 0 Å². The van der Waals surface area contributed by atoms with Crippen LogP contribution >= 0.6 is 0 Å². The molecule has 0 bridgehead atoms. The number of aromatic amines is 1. The number of likely N-dealkylation sites (N-methyl/N-ethyl adjacent to an activating group) is 1. The number of H-pyrrole nitrogens is 1. The van der Waals surface area contributed by atoms with Crippen molar-refractivity contribution in [1.29, 1.82) is 0 Å². The normalized spacial score (nSPS) is 19.2. The maximum Gasteiger partial charge on any atom is 0.252 e. The van der Waals surface area contributed by atoms with Gasteiger partial charge in [0.15, 0.2) is 0 Å². The van der Waals surface area contributed by atoms with Crippen molar-refractivity contribution in [2.45, 2.75) is 25.8 Å². The number of amides is 1. The Balaban J connectivity index is 2.37. The highest BCUT2D eigenvalue weighted by Gasteiger charge is 2.29. The lowest BCUT2D eigenvalue weighted by Crippen LogP contribution is -2.58. The number of carbonyl (C=O) groups is 1. The molecule has 0 saturated carbocycles. The van der Waals surface area contributed by atoms with Crippen molar-refractivity contribution < 1.29 is 4.79 Å². The van der Waals surface area contributed by atoms with E-state index in [1.54, 1.807) is 7.05 Å². The first kappa shape index (κ1) is 14.5. The second kappa shape index (κ2) is 6.04. The van der Waals surface area contributed by atoms with Gasteiger partial charge in [0.2, 0.25) is 5.91 Å². The van der Waals surface area contributed by atoms with Gasteiger partial charge in [-0.2, -0.15) is 0 Å². The second-order valence-corrected chi connectivity index (χ2v) is 5.17. The van der Waals surface area contributed by atoms with Crippen molar-refractivity contribution in [2.75, 3.05) is 31.6 Å². The van der Waals surface area contributed by atoms with Crippen LogP contribution in [-0.4, -0.2) is 48.6 Å². The number of anilines is 1. The third-order valence-electron chi connectivity index (χ3n) is 3.38. The van der Waals surface area contributed by atoms with Crippen LogP contribution in [0.25, 0.3) is 0 Å². The van der Waals surface area contributed by atoms with Crippen LogP contribution in [0, 0.1) is 0 Å². The molecule has 0 aromatic carbocycles. The monoisotopic (exact) mass is 279 g/mol. The fraction of sp³-hybridized carbons (Fsp3) is 0.615. The summed E-state index contributed by atoms with van der Waals surface area (Å²) >= 11 is 0. The third kappa shape index (κ3) is 2.98. The molecule has 7 nitrogen and oxygen atoms in total. The van der Waals surface area contributed by atoms with Crippen molar-refractivity contribution in [2.24, 2.45) is 0 Å². The molecule has 2 rings (SSSR count). The van der Waals surface area contributed by atoms with E-state index in [1.807, 2.05) is 18.7 Å². The van der Waals surface area contributed by atoms with Crippen molar-refractivity contribution in [3.8, 4) is 0 Å². The summed E-state index contributed by atoms with van der Waals surface area (Å²) in [4.78, 5) is 32.8. The summed E-state index contributed by atoms with van der Waals surface area (Å²) in [6.45, 7) is 5.89. The van der Waals surface area contributed by atoms with E-state index in [2.05, 4.69) is 20.6 Å². The summed E-state index contributed by atoms with van der Waals surface area (Å²) in [5.41, 5.74) is -0.187. The Morgan fingerprint density at radius 1 is 1.55 bits per heavy atom. The predicted octanol–water partition coefficient (Wildman–Crippen LogP) is -0.582. The molecule has 1 aliphatic rings. The molecule has 3 N–H and O–H groups in total. The minimum absolute atomic E-state index is 0.0784. The molecule has 2 heterocycles. The van der Waals surface area contributed by atoms with Gasteiger partial charge in [-0.05, 0) is 0 Å². The van der Waals surface area contributed by atoms with E-state index >= 15 is 0 Å². The van der Waals surface area contributed by atoms with Gasteiger partial charge < -0.3 is 20.5 Å². The van der Waals surface area contributed by atoms with Gasteiger partial charge in [-0.1, -0.05) is 13.8 Å². The van der Waals surface area contributed by atoms with Gasteiger partial charge in [0.05, 0.1) is 0 Å². The highest BCUT2D eigenvalue weighted by atomic mass is 16.2. The van der Waals surface area contributed by atoms with E-state index in [0.717, 1.165) is 6.54 Å². The summed E-state index contributed by atoms with van der Waals surface area (Å²) in [6, 6.07) is 1.11. The number of carbonyl (C=O) groups excluding carboxylic acids is 1. The van der Waals surface area contributed by atoms with Crippen LogP contribution in [-0.2, 0) is 4.79 Å². The zero-order chi connectivity index (χ0) is 14.7. The SMILES string of the molecule is CNC(=O)C1CNCCN1c1cc(=O)[nH]c(C(C)C)n1. The third-order valence-corrected chi connectivity index (χ3v) is 3.38. The molecule has 7 heteroatoms. The Kier molecular flexibility index (Phi) is 4.39. The van der Waals surface area contributed by atoms with Gasteiger partial charge in [-0.25, -0.2) is 4.98 Å². The summed E-state index contributed by atoms with van der Waals surface area (Å²) in [5.74, 6) is 1.25. The first-order chi connectivity index (χ1) is 9.52. The highest BCUT2D eigenvalue weighted by molar-refractivity contribution is 5.85. The Morgan fingerprint density at radius 3 is 2.95 bits per heavy atom. The Labute approximate surface area is 117 Å². The molecule has 20 heavy (non-hydrogen) atoms. The summed E-state index contributed by atoms with van der Waals surface area (Å²) in [7, 11) is 1.61. The Bertz CT molecular complexity index is 540. The van der Waals surface area contributed by atoms with Gasteiger partial charge in [0.25, 0.3) is 5.56 Å². The molecule has 0 aliphatic carbocycles. The summed E-state index contributed by atoms with van der Waals surface area (Å²) in [5, 5.41) is 5.84. The van der Waals surface area contributed by atoms with Gasteiger partial charge in [0, 0.05) is 38.7 Å². The van der Waals surface area contributed by atoms with Crippen molar-refractivity contribution in [3.05, 3.63) is 22.2 Å². The summed E-state index contributed by atoms with van der Waals surface area (Å²) in [6.07, 6.45) is 0. The van der Waals surface area contributed by atoms with Gasteiger partial charge >= 0.3 is 0 Å². The lowest BCUT2D eigenvalue weighted by molar-refractivity contribution is -0.122. The number of rotatable bonds is 3. The molecule has 1 atom stereocenters. The second-order valence-electron chi connectivity index (χ2n) is 5.17. The predicted molar refractivity (Wildman–Crippen MR) is 77.0 cm³/mol. The van der Waals surface area contributed by atoms with Crippen LogP contribution in [0.15, 0.2) is 10.9 Å². The van der Waals surface area contributed by atoms with Gasteiger partial charge in [-0.15, -0.1) is 0 Å². The molecular weight excluding hydrogens is 258 g/mol. The molecular formula is C13H21N5O2. The first-order valence-electron chi connectivity index (χ1n) is 6.83. The van der Waals surface area contributed by atoms with E-state index in [1.165, 1.54) is 6.07 Å². The van der Waals surface area contributed by atoms with Gasteiger partial charge in [-0.3, -0.25) is 9.59 Å². The van der Waals surface area contributed by atoms with Crippen LogP contribution in [0.1, 0.15) is 25.6 Å². The molecule has 1 saturated heterocycles. The fourth-order valence-electron chi connectivity index (χ4n) is 2.26. The average Bonchev–Trinajstić information content (AvgIpc) is 2.45. The average molecular weight is 279 g/mol. The first-order valence-corrected chi connectivity index (χ1v) is 6.83. The molecule has 110 valence electrons. The van der Waals surface area contributed by atoms with E-state index in [4.69, 9.17) is 0 Å². The number of nitrogens with one attached hydrogen (secondary N) is 3. The Morgan fingerprint density at radius 2 is 2.30 bits per heavy atom. The maximum absolute atomic E-state index is 11.9. The number of hydrogen-bond donors (Lipinski definition) is 3. The highest BCUT2D eigenvalue weighted by Crippen LogP contribution is 2.16. The number of aromatic nitrogens is 2. The van der Waals surface area contributed by atoms with Gasteiger partial charge in [0.1, 0.15) is 17.7 Å². The molecule has 1 unspecified atom stereocenters.